The lowest BCUT2D eigenvalue weighted by Gasteiger charge is -2.51. The van der Waals surface area contributed by atoms with Crippen LogP contribution in [0.25, 0.3) is 0 Å². The van der Waals surface area contributed by atoms with Crippen molar-refractivity contribution in [2.24, 2.45) is 0 Å². The first kappa shape index (κ1) is 19.8. The molecule has 0 unspecified atom stereocenters. The maximum absolute atomic E-state index is 10.5. The Labute approximate surface area is 154 Å². The van der Waals surface area contributed by atoms with Crippen LogP contribution < -0.4 is 9.64 Å². The Morgan fingerprint density at radius 1 is 1.21 bits per heavy atom. The minimum Gasteiger partial charge on any atom is -0.489 e. The fraction of sp³-hybridized carbons (Fsp3) is 0.667. The van der Waals surface area contributed by atoms with Crippen molar-refractivity contribution < 1.29 is 19.8 Å². The summed E-state index contributed by atoms with van der Waals surface area (Å²) in [6, 6.07) is 5.03. The third kappa shape index (κ3) is 4.77. The Kier molecular flexibility index (Phi) is 6.09. The predicted molar refractivity (Wildman–Crippen MR) is 97.2 cm³/mol. The number of quaternary nitrogens is 1. The fourth-order valence-electron chi connectivity index (χ4n) is 4.04. The van der Waals surface area contributed by atoms with E-state index in [1.54, 1.807) is 18.2 Å². The van der Waals surface area contributed by atoms with E-state index in [4.69, 9.17) is 27.9 Å². The number of likely N-dealkylation sites (tertiary alicyclic amines) is 1. The van der Waals surface area contributed by atoms with Crippen LogP contribution in [0.5, 0.6) is 5.75 Å². The lowest BCUT2D eigenvalue weighted by molar-refractivity contribution is -1.00. The van der Waals surface area contributed by atoms with Crippen LogP contribution in [0.15, 0.2) is 18.2 Å². The van der Waals surface area contributed by atoms with E-state index in [-0.39, 0.29) is 23.8 Å². The van der Waals surface area contributed by atoms with Crippen LogP contribution in [0, 0.1) is 0 Å². The van der Waals surface area contributed by atoms with Crippen molar-refractivity contribution in [3.8, 4) is 5.75 Å². The van der Waals surface area contributed by atoms with Crippen molar-refractivity contribution in [2.45, 2.75) is 63.8 Å². The van der Waals surface area contributed by atoms with Gasteiger partial charge in [0.15, 0.2) is 0 Å². The maximum Gasteiger partial charge on any atom is 0.138 e. The molecule has 0 radical (unpaired) electrons. The molecule has 136 valence electrons. The van der Waals surface area contributed by atoms with Crippen LogP contribution in [0.2, 0.25) is 10.0 Å². The zero-order chi connectivity index (χ0) is 18.1. The van der Waals surface area contributed by atoms with E-state index < -0.39 is 6.10 Å². The Bertz CT molecular complexity index is 559. The average molecular weight is 377 g/mol. The molecular formula is C18H28Cl2NO3+. The van der Waals surface area contributed by atoms with Gasteiger partial charge in [0.05, 0.1) is 22.2 Å². The van der Waals surface area contributed by atoms with Gasteiger partial charge < -0.3 is 19.8 Å². The maximum atomic E-state index is 10.5. The summed E-state index contributed by atoms with van der Waals surface area (Å²) in [5.41, 5.74) is -0.222. The normalized spacial score (nSPS) is 26.8. The van der Waals surface area contributed by atoms with Gasteiger partial charge in [0.2, 0.25) is 0 Å². The molecule has 1 aliphatic heterocycles. The monoisotopic (exact) mass is 376 g/mol. The second-order valence-electron chi connectivity index (χ2n) is 8.05. The van der Waals surface area contributed by atoms with Gasteiger partial charge in [-0.1, -0.05) is 23.2 Å². The Morgan fingerprint density at radius 2 is 1.79 bits per heavy atom. The summed E-state index contributed by atoms with van der Waals surface area (Å²) >= 11 is 12.0. The molecule has 0 saturated carbocycles. The van der Waals surface area contributed by atoms with E-state index in [9.17, 15) is 10.2 Å². The van der Waals surface area contributed by atoms with E-state index >= 15 is 0 Å². The molecule has 24 heavy (non-hydrogen) atoms. The second kappa shape index (κ2) is 7.38. The molecule has 0 spiro atoms. The minimum absolute atomic E-state index is 0.111. The third-order valence-corrected chi connectivity index (χ3v) is 5.42. The third-order valence-electron chi connectivity index (χ3n) is 4.89. The van der Waals surface area contributed by atoms with Crippen molar-refractivity contribution in [1.29, 1.82) is 0 Å². The van der Waals surface area contributed by atoms with Crippen molar-refractivity contribution in [1.82, 2.24) is 0 Å². The molecule has 0 amide bonds. The zero-order valence-corrected chi connectivity index (χ0v) is 16.3. The molecule has 1 atom stereocenters. The van der Waals surface area contributed by atoms with Crippen LogP contribution >= 0.6 is 23.2 Å². The number of hydrogen-bond donors (Lipinski definition) is 3. The molecule has 1 aromatic carbocycles. The molecule has 1 heterocycles. The highest BCUT2D eigenvalue weighted by atomic mass is 35.5. The van der Waals surface area contributed by atoms with E-state index in [0.29, 0.717) is 22.3 Å². The van der Waals surface area contributed by atoms with E-state index in [0.717, 1.165) is 12.8 Å². The quantitative estimate of drug-likeness (QED) is 0.738. The molecule has 4 nitrogen and oxygen atoms in total. The van der Waals surface area contributed by atoms with E-state index in [1.807, 2.05) is 0 Å². The SMILES string of the molecule is CC1(C)CC(O)CC(C)(C)[NH+]1C[C@@H](O)COc1ccc(Cl)cc1Cl. The fourth-order valence-corrected chi connectivity index (χ4v) is 4.50. The summed E-state index contributed by atoms with van der Waals surface area (Å²) in [4.78, 5) is 1.28. The van der Waals surface area contributed by atoms with Gasteiger partial charge in [0.1, 0.15) is 25.0 Å². The van der Waals surface area contributed by atoms with Gasteiger partial charge in [0.25, 0.3) is 0 Å². The minimum atomic E-state index is -0.625. The average Bonchev–Trinajstić information content (AvgIpc) is 2.40. The standard InChI is InChI=1S/C18H27Cl2NO3/c1-17(2)8-13(22)9-18(3,4)21(17)10-14(23)11-24-16-6-5-12(19)7-15(16)20/h5-7,13-14,22-23H,8-11H2,1-4H3/p+1/t14-/m1/s1. The Morgan fingerprint density at radius 3 is 2.33 bits per heavy atom. The van der Waals surface area contributed by atoms with Crippen molar-refractivity contribution in [3.63, 3.8) is 0 Å². The summed E-state index contributed by atoms with van der Waals surface area (Å²) in [5, 5.41) is 21.6. The van der Waals surface area contributed by atoms with Crippen molar-refractivity contribution in [2.75, 3.05) is 13.2 Å². The van der Waals surface area contributed by atoms with Gasteiger partial charge in [-0.2, -0.15) is 0 Å². The number of rotatable bonds is 5. The number of nitrogens with one attached hydrogen (secondary N) is 1. The summed E-state index contributed by atoms with van der Waals surface area (Å²) in [5.74, 6) is 0.516. The highest BCUT2D eigenvalue weighted by Gasteiger charge is 2.49. The number of ether oxygens (including phenoxy) is 1. The lowest BCUT2D eigenvalue weighted by Crippen LogP contribution is -3.27. The Hall–Kier alpha value is -0.520. The van der Waals surface area contributed by atoms with Crippen LogP contribution in [-0.2, 0) is 0 Å². The van der Waals surface area contributed by atoms with Crippen LogP contribution in [0.3, 0.4) is 0 Å². The van der Waals surface area contributed by atoms with Gasteiger partial charge in [0, 0.05) is 17.9 Å². The highest BCUT2D eigenvalue weighted by Crippen LogP contribution is 2.28. The van der Waals surface area contributed by atoms with Crippen LogP contribution in [-0.4, -0.2) is 46.7 Å². The summed E-state index contributed by atoms with van der Waals surface area (Å²) in [6.45, 7) is 9.26. The van der Waals surface area contributed by atoms with Gasteiger partial charge in [-0.3, -0.25) is 0 Å². The van der Waals surface area contributed by atoms with E-state index in [1.165, 1.54) is 4.90 Å². The van der Waals surface area contributed by atoms with Gasteiger partial charge in [-0.25, -0.2) is 0 Å². The summed E-state index contributed by atoms with van der Waals surface area (Å²) in [7, 11) is 0. The van der Waals surface area contributed by atoms with Gasteiger partial charge >= 0.3 is 0 Å². The molecule has 0 bridgehead atoms. The number of halogens is 2. The van der Waals surface area contributed by atoms with Gasteiger partial charge in [-0.05, 0) is 45.9 Å². The first-order chi connectivity index (χ1) is 11.0. The van der Waals surface area contributed by atoms with E-state index in [2.05, 4.69) is 27.7 Å². The molecule has 2 rings (SSSR count). The van der Waals surface area contributed by atoms with Gasteiger partial charge in [-0.15, -0.1) is 0 Å². The molecule has 0 aromatic heterocycles. The molecule has 1 fully saturated rings. The molecule has 3 N–H and O–H groups in total. The largest absolute Gasteiger partial charge is 0.489 e. The second-order valence-corrected chi connectivity index (χ2v) is 8.90. The predicted octanol–water partition coefficient (Wildman–Crippen LogP) is 2.33. The molecule has 1 aromatic rings. The number of benzene rings is 1. The highest BCUT2D eigenvalue weighted by molar-refractivity contribution is 6.35. The van der Waals surface area contributed by atoms with Crippen molar-refractivity contribution >= 4 is 23.2 Å². The smallest absolute Gasteiger partial charge is 0.138 e. The lowest BCUT2D eigenvalue weighted by atomic mass is 9.78. The zero-order valence-electron chi connectivity index (χ0n) is 14.8. The first-order valence-electron chi connectivity index (χ1n) is 8.32. The number of aliphatic hydroxyl groups excluding tert-OH is 2. The summed E-state index contributed by atoms with van der Waals surface area (Å²) < 4.78 is 5.65. The molecule has 0 aliphatic carbocycles. The number of piperidine rings is 1. The summed E-state index contributed by atoms with van der Waals surface area (Å²) in [6.07, 6.45) is 0.533. The molecular weight excluding hydrogens is 349 g/mol. The number of aliphatic hydroxyl groups is 2. The van der Waals surface area contributed by atoms with Crippen LogP contribution in [0.1, 0.15) is 40.5 Å². The first-order valence-corrected chi connectivity index (χ1v) is 9.07. The molecule has 1 aliphatic rings. The number of hydrogen-bond acceptors (Lipinski definition) is 3. The molecule has 1 saturated heterocycles. The Balaban J connectivity index is 1.99. The molecule has 6 heteroatoms. The topological polar surface area (TPSA) is 54.1 Å². The van der Waals surface area contributed by atoms with Crippen molar-refractivity contribution in [3.05, 3.63) is 28.2 Å². The van der Waals surface area contributed by atoms with Crippen LogP contribution in [0.4, 0.5) is 0 Å².